The minimum Gasteiger partial charge on any atom is -0.363 e. The van der Waals surface area contributed by atoms with Crippen molar-refractivity contribution in [2.75, 3.05) is 30.1 Å². The normalized spacial score (nSPS) is 15.6. The zero-order valence-corrected chi connectivity index (χ0v) is 16.7. The van der Waals surface area contributed by atoms with Crippen LogP contribution in [0.4, 0.5) is 24.8 Å². The van der Waals surface area contributed by atoms with Crippen LogP contribution in [0.25, 0.3) is 10.9 Å². The first-order chi connectivity index (χ1) is 14.4. The van der Waals surface area contributed by atoms with Gasteiger partial charge in [-0.1, -0.05) is 18.2 Å². The fraction of sp³-hybridized carbons (Fsp3) is 0.381. The molecule has 6 nitrogen and oxygen atoms in total. The summed E-state index contributed by atoms with van der Waals surface area (Å²) in [6.07, 6.45) is -0.298. The highest BCUT2D eigenvalue weighted by molar-refractivity contribution is 5.90. The second-order valence-corrected chi connectivity index (χ2v) is 7.25. The highest BCUT2D eigenvalue weighted by Gasteiger charge is 2.21. The van der Waals surface area contributed by atoms with Crippen molar-refractivity contribution in [1.82, 2.24) is 15.0 Å². The summed E-state index contributed by atoms with van der Waals surface area (Å²) in [7, 11) is 0. The second kappa shape index (κ2) is 8.43. The van der Waals surface area contributed by atoms with Gasteiger partial charge >= 0.3 is 0 Å². The van der Waals surface area contributed by atoms with Crippen LogP contribution in [0.2, 0.25) is 0 Å². The molecule has 1 atom stereocenters. The van der Waals surface area contributed by atoms with Gasteiger partial charge in [0.25, 0.3) is 6.43 Å². The minimum atomic E-state index is -2.88. The number of benzene rings is 1. The number of pyridine rings is 1. The third-order valence-electron chi connectivity index (χ3n) is 5.08. The second-order valence-electron chi connectivity index (χ2n) is 7.25. The maximum absolute atomic E-state index is 14.6. The Balaban J connectivity index is 1.70. The highest BCUT2D eigenvalue weighted by Crippen LogP contribution is 2.31. The number of nitrogens with zero attached hydrogens (tertiary/aromatic N) is 4. The van der Waals surface area contributed by atoms with Crippen LogP contribution in [-0.4, -0.2) is 34.8 Å². The van der Waals surface area contributed by atoms with Crippen molar-refractivity contribution in [2.45, 2.75) is 32.7 Å². The van der Waals surface area contributed by atoms with Gasteiger partial charge in [-0.25, -0.2) is 28.1 Å². The zero-order chi connectivity index (χ0) is 21.3. The summed E-state index contributed by atoms with van der Waals surface area (Å²) in [6.45, 7) is 5.46. The van der Waals surface area contributed by atoms with Crippen LogP contribution in [0.5, 0.6) is 0 Å². The topological polar surface area (TPSA) is 63.2 Å². The SMILES string of the molecule is Cc1nc(N[C@H](C)c2cccc(C(F)F)c2F)c2cc(N3CCCOC3)ncc2n1. The van der Waals surface area contributed by atoms with Gasteiger partial charge in [-0.2, -0.15) is 0 Å². The molecule has 1 N–H and O–H groups in total. The Kier molecular flexibility index (Phi) is 5.72. The minimum absolute atomic E-state index is 0.149. The number of aromatic nitrogens is 3. The summed E-state index contributed by atoms with van der Waals surface area (Å²) < 4.78 is 46.2. The van der Waals surface area contributed by atoms with Gasteiger partial charge in [0.15, 0.2) is 0 Å². The maximum atomic E-state index is 14.6. The van der Waals surface area contributed by atoms with Crippen molar-refractivity contribution in [2.24, 2.45) is 0 Å². The van der Waals surface area contributed by atoms with Gasteiger partial charge in [-0.15, -0.1) is 0 Å². The fourth-order valence-corrected chi connectivity index (χ4v) is 3.55. The van der Waals surface area contributed by atoms with Crippen molar-refractivity contribution in [1.29, 1.82) is 0 Å². The molecule has 0 radical (unpaired) electrons. The first-order valence-electron chi connectivity index (χ1n) is 9.74. The number of hydrogen-bond acceptors (Lipinski definition) is 6. The van der Waals surface area contributed by atoms with Crippen molar-refractivity contribution < 1.29 is 17.9 Å². The van der Waals surface area contributed by atoms with Crippen LogP contribution in [0.1, 0.15) is 42.8 Å². The molecule has 0 spiro atoms. The Hall–Kier alpha value is -2.94. The molecule has 1 aliphatic rings. The summed E-state index contributed by atoms with van der Waals surface area (Å²) in [5.74, 6) is 0.843. The summed E-state index contributed by atoms with van der Waals surface area (Å²) in [4.78, 5) is 15.4. The molecule has 0 bridgehead atoms. The first kappa shape index (κ1) is 20.3. The number of halogens is 3. The number of alkyl halides is 2. The van der Waals surface area contributed by atoms with E-state index >= 15 is 0 Å². The van der Waals surface area contributed by atoms with Gasteiger partial charge < -0.3 is 15.0 Å². The molecule has 1 aliphatic heterocycles. The molecule has 2 aromatic heterocycles. The summed E-state index contributed by atoms with van der Waals surface area (Å²) in [6, 6.07) is 5.30. The van der Waals surface area contributed by atoms with E-state index in [2.05, 4.69) is 20.3 Å². The molecule has 0 amide bonds. The van der Waals surface area contributed by atoms with Crippen molar-refractivity contribution in [3.05, 3.63) is 53.2 Å². The molecule has 3 heterocycles. The molecule has 1 fully saturated rings. The van der Waals surface area contributed by atoms with Gasteiger partial charge in [0, 0.05) is 17.5 Å². The number of rotatable bonds is 5. The Bertz CT molecular complexity index is 1060. The van der Waals surface area contributed by atoms with Crippen LogP contribution in [0.3, 0.4) is 0 Å². The van der Waals surface area contributed by atoms with E-state index in [0.717, 1.165) is 31.5 Å². The fourth-order valence-electron chi connectivity index (χ4n) is 3.55. The quantitative estimate of drug-likeness (QED) is 0.645. The number of fused-ring (bicyclic) bond motifs is 1. The number of ether oxygens (including phenoxy) is 1. The van der Waals surface area contributed by atoms with E-state index in [1.807, 2.05) is 11.0 Å². The lowest BCUT2D eigenvalue weighted by atomic mass is 10.0. The Labute approximate surface area is 172 Å². The van der Waals surface area contributed by atoms with Gasteiger partial charge in [0.1, 0.15) is 30.0 Å². The van der Waals surface area contributed by atoms with Crippen LogP contribution < -0.4 is 10.2 Å². The van der Waals surface area contributed by atoms with Crippen LogP contribution in [-0.2, 0) is 4.74 Å². The van der Waals surface area contributed by atoms with Crippen molar-refractivity contribution in [3.8, 4) is 0 Å². The molecule has 0 aliphatic carbocycles. The van der Waals surface area contributed by atoms with E-state index in [1.165, 1.54) is 12.1 Å². The van der Waals surface area contributed by atoms with E-state index in [9.17, 15) is 13.2 Å². The standard InChI is InChI=1S/C21H22F3N5O/c1-12(14-5-3-6-15(19(14)22)20(23)24)26-21-16-9-18(29-7-4-8-30-11-29)25-10-17(16)27-13(2)28-21/h3,5-6,9-10,12,20H,4,7-8,11H2,1-2H3,(H,26,27,28)/t12-/m1/s1. The molecule has 3 aromatic rings. The molecule has 9 heteroatoms. The molecular weight excluding hydrogens is 395 g/mol. The van der Waals surface area contributed by atoms with E-state index in [-0.39, 0.29) is 5.56 Å². The van der Waals surface area contributed by atoms with Crippen molar-refractivity contribution >= 4 is 22.5 Å². The third-order valence-corrected chi connectivity index (χ3v) is 5.08. The molecule has 1 saturated heterocycles. The number of hydrogen-bond donors (Lipinski definition) is 1. The largest absolute Gasteiger partial charge is 0.363 e. The smallest absolute Gasteiger partial charge is 0.266 e. The summed E-state index contributed by atoms with van der Waals surface area (Å²) >= 11 is 0. The lowest BCUT2D eigenvalue weighted by Gasteiger charge is -2.28. The van der Waals surface area contributed by atoms with E-state index < -0.39 is 23.8 Å². The predicted octanol–water partition coefficient (Wildman–Crippen LogP) is 4.77. The maximum Gasteiger partial charge on any atom is 0.266 e. The van der Waals surface area contributed by atoms with Crippen LogP contribution in [0, 0.1) is 12.7 Å². The zero-order valence-electron chi connectivity index (χ0n) is 16.7. The number of anilines is 2. The molecule has 158 valence electrons. The molecule has 1 aromatic carbocycles. The summed E-state index contributed by atoms with van der Waals surface area (Å²) in [5.41, 5.74) is 0.179. The molecular formula is C21H22F3N5O. The van der Waals surface area contributed by atoms with Crippen LogP contribution in [0.15, 0.2) is 30.5 Å². The van der Waals surface area contributed by atoms with Crippen LogP contribution >= 0.6 is 0 Å². The first-order valence-corrected chi connectivity index (χ1v) is 9.74. The van der Waals surface area contributed by atoms with E-state index in [0.29, 0.717) is 29.3 Å². The Morgan fingerprint density at radius 3 is 2.73 bits per heavy atom. The van der Waals surface area contributed by atoms with Gasteiger partial charge in [-0.3, -0.25) is 0 Å². The monoisotopic (exact) mass is 417 g/mol. The Morgan fingerprint density at radius 1 is 1.20 bits per heavy atom. The van der Waals surface area contributed by atoms with Gasteiger partial charge in [0.05, 0.1) is 29.9 Å². The lowest BCUT2D eigenvalue weighted by Crippen LogP contribution is -2.33. The average molecular weight is 417 g/mol. The van der Waals surface area contributed by atoms with E-state index in [4.69, 9.17) is 4.74 Å². The predicted molar refractivity (Wildman–Crippen MR) is 108 cm³/mol. The third kappa shape index (κ3) is 4.02. The average Bonchev–Trinajstić information content (AvgIpc) is 2.74. The molecule has 30 heavy (non-hydrogen) atoms. The molecule has 0 unspecified atom stereocenters. The lowest BCUT2D eigenvalue weighted by molar-refractivity contribution is 0.106. The number of nitrogens with one attached hydrogen (secondary N) is 1. The summed E-state index contributed by atoms with van der Waals surface area (Å²) in [5, 5.41) is 3.88. The Morgan fingerprint density at radius 2 is 2.00 bits per heavy atom. The molecule has 0 saturated carbocycles. The highest BCUT2D eigenvalue weighted by atomic mass is 19.3. The van der Waals surface area contributed by atoms with Gasteiger partial charge in [0.2, 0.25) is 0 Å². The molecule has 4 rings (SSSR count). The van der Waals surface area contributed by atoms with Crippen molar-refractivity contribution in [3.63, 3.8) is 0 Å². The van der Waals surface area contributed by atoms with E-state index in [1.54, 1.807) is 20.0 Å². The van der Waals surface area contributed by atoms with Gasteiger partial charge in [-0.05, 0) is 26.3 Å². The number of aryl methyl sites for hydroxylation is 1.